The van der Waals surface area contributed by atoms with Crippen molar-refractivity contribution >= 4 is 28.1 Å². The van der Waals surface area contributed by atoms with Gasteiger partial charge in [0.05, 0.1) is 18.9 Å². The first-order chi connectivity index (χ1) is 8.94. The fourth-order valence-electron chi connectivity index (χ4n) is 1.63. The van der Waals surface area contributed by atoms with Crippen LogP contribution in [0.2, 0.25) is 0 Å². The fraction of sp³-hybridized carbons (Fsp3) is 0.538. The number of aromatic nitrogens is 1. The normalized spacial score (nSPS) is 15.8. The molecule has 0 saturated carbocycles. The summed E-state index contributed by atoms with van der Waals surface area (Å²) in [6.07, 6.45) is 2.40. The molecule has 104 valence electrons. The molecular formula is C13H18N2O3S. The zero-order chi connectivity index (χ0) is 13.9. The van der Waals surface area contributed by atoms with Crippen LogP contribution in [0, 0.1) is 0 Å². The molecule has 0 aliphatic carbocycles. The quantitative estimate of drug-likeness (QED) is 0.904. The SMILES string of the molecule is CC(C)(C)OC(=O)Nc1nc(C2=CCOCC2)cs1. The summed E-state index contributed by atoms with van der Waals surface area (Å²) in [7, 11) is 0. The minimum absolute atomic E-state index is 0.477. The third kappa shape index (κ3) is 4.33. The molecule has 2 rings (SSSR count). The molecule has 0 radical (unpaired) electrons. The molecule has 0 saturated heterocycles. The maximum absolute atomic E-state index is 11.6. The second-order valence-corrected chi connectivity index (χ2v) is 6.08. The minimum atomic E-state index is -0.507. The minimum Gasteiger partial charge on any atom is -0.444 e. The monoisotopic (exact) mass is 282 g/mol. The van der Waals surface area contributed by atoms with Gasteiger partial charge in [0.2, 0.25) is 0 Å². The van der Waals surface area contributed by atoms with Crippen LogP contribution in [0.3, 0.4) is 0 Å². The molecule has 1 aromatic rings. The average Bonchev–Trinajstić information content (AvgIpc) is 2.76. The highest BCUT2D eigenvalue weighted by Crippen LogP contribution is 2.25. The van der Waals surface area contributed by atoms with Gasteiger partial charge in [-0.15, -0.1) is 11.3 Å². The number of nitrogens with one attached hydrogen (secondary N) is 1. The topological polar surface area (TPSA) is 60.5 Å². The van der Waals surface area contributed by atoms with Crippen molar-refractivity contribution in [3.05, 3.63) is 17.2 Å². The van der Waals surface area contributed by atoms with E-state index in [4.69, 9.17) is 9.47 Å². The van der Waals surface area contributed by atoms with Crippen molar-refractivity contribution in [3.8, 4) is 0 Å². The van der Waals surface area contributed by atoms with Gasteiger partial charge in [0.25, 0.3) is 0 Å². The van der Waals surface area contributed by atoms with Gasteiger partial charge < -0.3 is 9.47 Å². The zero-order valence-corrected chi connectivity index (χ0v) is 12.2. The second-order valence-electron chi connectivity index (χ2n) is 5.22. The molecule has 0 fully saturated rings. The summed E-state index contributed by atoms with van der Waals surface area (Å²) in [5, 5.41) is 5.13. The summed E-state index contributed by atoms with van der Waals surface area (Å²) >= 11 is 1.39. The van der Waals surface area contributed by atoms with Gasteiger partial charge in [-0.2, -0.15) is 0 Å². The molecule has 1 aromatic heterocycles. The van der Waals surface area contributed by atoms with Gasteiger partial charge in [0.15, 0.2) is 5.13 Å². The van der Waals surface area contributed by atoms with Crippen molar-refractivity contribution < 1.29 is 14.3 Å². The van der Waals surface area contributed by atoms with Crippen LogP contribution in [0.15, 0.2) is 11.5 Å². The molecule has 1 N–H and O–H groups in total. The number of anilines is 1. The molecule has 6 heteroatoms. The number of ether oxygens (including phenoxy) is 2. The molecule has 0 unspecified atom stereocenters. The lowest BCUT2D eigenvalue weighted by Gasteiger charge is -2.18. The number of hydrogen-bond donors (Lipinski definition) is 1. The van der Waals surface area contributed by atoms with Crippen LogP contribution in [0.5, 0.6) is 0 Å². The van der Waals surface area contributed by atoms with Crippen LogP contribution in [0.1, 0.15) is 32.9 Å². The van der Waals surface area contributed by atoms with Crippen molar-refractivity contribution in [1.82, 2.24) is 4.98 Å². The Balaban J connectivity index is 1.97. The summed E-state index contributed by atoms with van der Waals surface area (Å²) in [6, 6.07) is 0. The molecule has 1 amide bonds. The van der Waals surface area contributed by atoms with Crippen LogP contribution in [0.25, 0.3) is 5.57 Å². The number of carbonyl (C=O) groups excluding carboxylic acids is 1. The van der Waals surface area contributed by atoms with E-state index in [0.29, 0.717) is 11.7 Å². The highest BCUT2D eigenvalue weighted by atomic mass is 32.1. The molecule has 2 heterocycles. The Morgan fingerprint density at radius 2 is 2.32 bits per heavy atom. The molecular weight excluding hydrogens is 264 g/mol. The summed E-state index contributed by atoms with van der Waals surface area (Å²) in [4.78, 5) is 16.0. The molecule has 0 bridgehead atoms. The molecule has 19 heavy (non-hydrogen) atoms. The number of carbonyl (C=O) groups is 1. The summed E-state index contributed by atoms with van der Waals surface area (Å²) in [5.74, 6) is 0. The second kappa shape index (κ2) is 5.71. The predicted octanol–water partition coefficient (Wildman–Crippen LogP) is 3.29. The Morgan fingerprint density at radius 3 is 2.95 bits per heavy atom. The van der Waals surface area contributed by atoms with Crippen molar-refractivity contribution in [2.75, 3.05) is 18.5 Å². The van der Waals surface area contributed by atoms with Crippen molar-refractivity contribution in [2.45, 2.75) is 32.8 Å². The molecule has 0 aromatic carbocycles. The van der Waals surface area contributed by atoms with Crippen molar-refractivity contribution in [1.29, 1.82) is 0 Å². The summed E-state index contributed by atoms with van der Waals surface area (Å²) in [5.41, 5.74) is 1.56. The van der Waals surface area contributed by atoms with E-state index in [1.54, 1.807) is 0 Å². The number of thiazole rings is 1. The summed E-state index contributed by atoms with van der Waals surface area (Å²) < 4.78 is 10.4. The largest absolute Gasteiger partial charge is 0.444 e. The van der Waals surface area contributed by atoms with Gasteiger partial charge in [-0.05, 0) is 32.8 Å². The Morgan fingerprint density at radius 1 is 1.53 bits per heavy atom. The number of hydrogen-bond acceptors (Lipinski definition) is 5. The highest BCUT2D eigenvalue weighted by Gasteiger charge is 2.18. The van der Waals surface area contributed by atoms with Gasteiger partial charge in [-0.25, -0.2) is 9.78 Å². The van der Waals surface area contributed by atoms with Crippen LogP contribution in [-0.2, 0) is 9.47 Å². The predicted molar refractivity (Wildman–Crippen MR) is 75.4 cm³/mol. The molecule has 0 spiro atoms. The molecule has 5 nitrogen and oxygen atoms in total. The number of nitrogens with zero attached hydrogens (tertiary/aromatic N) is 1. The number of amides is 1. The summed E-state index contributed by atoms with van der Waals surface area (Å²) in [6.45, 7) is 6.83. The Bertz CT molecular complexity index is 488. The molecule has 0 atom stereocenters. The lowest BCUT2D eigenvalue weighted by Crippen LogP contribution is -2.27. The molecule has 1 aliphatic rings. The Hall–Kier alpha value is -1.40. The van der Waals surface area contributed by atoms with Gasteiger partial charge in [0, 0.05) is 5.38 Å². The van der Waals surface area contributed by atoms with E-state index in [-0.39, 0.29) is 0 Å². The first-order valence-electron chi connectivity index (χ1n) is 6.17. The van der Waals surface area contributed by atoms with Crippen LogP contribution >= 0.6 is 11.3 Å². The maximum Gasteiger partial charge on any atom is 0.413 e. The fourth-order valence-corrected chi connectivity index (χ4v) is 2.35. The van der Waals surface area contributed by atoms with Crippen molar-refractivity contribution in [2.24, 2.45) is 0 Å². The van der Waals surface area contributed by atoms with E-state index >= 15 is 0 Å². The van der Waals surface area contributed by atoms with E-state index in [1.807, 2.05) is 32.2 Å². The van der Waals surface area contributed by atoms with Crippen molar-refractivity contribution in [3.63, 3.8) is 0 Å². The van der Waals surface area contributed by atoms with Gasteiger partial charge >= 0.3 is 6.09 Å². The highest BCUT2D eigenvalue weighted by molar-refractivity contribution is 7.14. The van der Waals surface area contributed by atoms with Gasteiger partial charge in [-0.1, -0.05) is 6.08 Å². The van der Waals surface area contributed by atoms with E-state index in [2.05, 4.69) is 10.3 Å². The first-order valence-corrected chi connectivity index (χ1v) is 7.05. The lowest BCUT2D eigenvalue weighted by molar-refractivity contribution is 0.0636. The third-order valence-corrected chi connectivity index (χ3v) is 3.16. The zero-order valence-electron chi connectivity index (χ0n) is 11.4. The van der Waals surface area contributed by atoms with Crippen LogP contribution in [0.4, 0.5) is 9.93 Å². The Kier molecular flexibility index (Phi) is 4.21. The van der Waals surface area contributed by atoms with E-state index in [1.165, 1.54) is 16.9 Å². The maximum atomic E-state index is 11.6. The lowest BCUT2D eigenvalue weighted by atomic mass is 10.1. The van der Waals surface area contributed by atoms with E-state index in [0.717, 1.165) is 18.7 Å². The van der Waals surface area contributed by atoms with E-state index < -0.39 is 11.7 Å². The number of rotatable bonds is 2. The standard InChI is InChI=1S/C13H18N2O3S/c1-13(2,3)18-12(16)15-11-14-10(8-19-11)9-4-6-17-7-5-9/h4,8H,5-7H2,1-3H3,(H,14,15,16). The van der Waals surface area contributed by atoms with Crippen LogP contribution in [-0.4, -0.2) is 29.9 Å². The van der Waals surface area contributed by atoms with Crippen LogP contribution < -0.4 is 5.32 Å². The smallest absolute Gasteiger partial charge is 0.413 e. The van der Waals surface area contributed by atoms with Gasteiger partial charge in [0.1, 0.15) is 5.60 Å². The first kappa shape index (κ1) is 14.0. The van der Waals surface area contributed by atoms with E-state index in [9.17, 15) is 4.79 Å². The Labute approximate surface area is 116 Å². The third-order valence-electron chi connectivity index (χ3n) is 2.40. The molecule has 1 aliphatic heterocycles. The van der Waals surface area contributed by atoms with Gasteiger partial charge in [-0.3, -0.25) is 5.32 Å². The average molecular weight is 282 g/mol.